The molecule has 3 rings (SSSR count). The maximum Gasteiger partial charge on any atom is 0.239 e. The van der Waals surface area contributed by atoms with Gasteiger partial charge in [0.1, 0.15) is 6.04 Å². The SMILES string of the molecule is Cl.Cl.O=C(NCc1ccccc1CN1CCC(O)CC1)C1COCCN1. The van der Waals surface area contributed by atoms with Crippen molar-refractivity contribution in [2.24, 2.45) is 0 Å². The van der Waals surface area contributed by atoms with E-state index in [9.17, 15) is 9.90 Å². The molecule has 0 aromatic heterocycles. The number of carbonyl (C=O) groups excluding carboxylic acids is 1. The molecule has 0 spiro atoms. The van der Waals surface area contributed by atoms with Crippen molar-refractivity contribution >= 4 is 30.7 Å². The maximum absolute atomic E-state index is 12.2. The Morgan fingerprint density at radius 3 is 2.58 bits per heavy atom. The first kappa shape index (κ1) is 23.1. The van der Waals surface area contributed by atoms with Crippen molar-refractivity contribution in [3.05, 3.63) is 35.4 Å². The van der Waals surface area contributed by atoms with Crippen LogP contribution in [0.5, 0.6) is 0 Å². The summed E-state index contributed by atoms with van der Waals surface area (Å²) in [5, 5.41) is 15.8. The van der Waals surface area contributed by atoms with Crippen molar-refractivity contribution in [3.8, 4) is 0 Å². The van der Waals surface area contributed by atoms with Gasteiger partial charge in [-0.25, -0.2) is 0 Å². The van der Waals surface area contributed by atoms with Gasteiger partial charge in [-0.2, -0.15) is 0 Å². The summed E-state index contributed by atoms with van der Waals surface area (Å²) in [5.41, 5.74) is 2.38. The van der Waals surface area contributed by atoms with Crippen LogP contribution in [0.25, 0.3) is 0 Å². The van der Waals surface area contributed by atoms with Crippen LogP contribution in [-0.4, -0.2) is 60.9 Å². The minimum absolute atomic E-state index is 0. The predicted molar refractivity (Wildman–Crippen MR) is 106 cm³/mol. The second-order valence-corrected chi connectivity index (χ2v) is 6.58. The van der Waals surface area contributed by atoms with E-state index in [4.69, 9.17) is 4.74 Å². The number of amides is 1. The number of benzene rings is 1. The first-order valence-electron chi connectivity index (χ1n) is 8.78. The molecule has 0 aliphatic carbocycles. The molecular formula is C18H29Cl2N3O3. The molecule has 2 aliphatic rings. The van der Waals surface area contributed by atoms with Crippen LogP contribution in [0.2, 0.25) is 0 Å². The molecule has 6 nitrogen and oxygen atoms in total. The minimum Gasteiger partial charge on any atom is -0.393 e. The second kappa shape index (κ2) is 11.7. The molecule has 2 saturated heterocycles. The first-order valence-corrected chi connectivity index (χ1v) is 8.78. The highest BCUT2D eigenvalue weighted by atomic mass is 35.5. The molecule has 8 heteroatoms. The zero-order valence-corrected chi connectivity index (χ0v) is 16.5. The van der Waals surface area contributed by atoms with Crippen molar-refractivity contribution in [3.63, 3.8) is 0 Å². The molecular weight excluding hydrogens is 377 g/mol. The van der Waals surface area contributed by atoms with Crippen LogP contribution in [0.15, 0.2) is 24.3 Å². The lowest BCUT2D eigenvalue weighted by atomic mass is 10.0. The quantitative estimate of drug-likeness (QED) is 0.683. The third-order valence-corrected chi connectivity index (χ3v) is 4.76. The summed E-state index contributed by atoms with van der Waals surface area (Å²) < 4.78 is 5.34. The van der Waals surface area contributed by atoms with Crippen LogP contribution in [0.4, 0.5) is 0 Å². The third-order valence-electron chi connectivity index (χ3n) is 4.76. The van der Waals surface area contributed by atoms with E-state index in [-0.39, 0.29) is 42.9 Å². The summed E-state index contributed by atoms with van der Waals surface area (Å²) in [7, 11) is 0. The molecule has 1 aromatic carbocycles. The van der Waals surface area contributed by atoms with Crippen LogP contribution < -0.4 is 10.6 Å². The fourth-order valence-electron chi connectivity index (χ4n) is 3.24. The Balaban J connectivity index is 0.00000169. The number of ether oxygens (including phenoxy) is 1. The molecule has 0 saturated carbocycles. The topological polar surface area (TPSA) is 73.8 Å². The number of piperidine rings is 1. The summed E-state index contributed by atoms with van der Waals surface area (Å²) in [4.78, 5) is 14.6. The standard InChI is InChI=1S/C18H27N3O3.2ClH/c22-16-5-8-21(9-6-16)12-15-4-2-1-3-14(15)11-20-18(23)17-13-24-10-7-19-17;;/h1-4,16-17,19,22H,5-13H2,(H,20,23);2*1H. The molecule has 1 atom stereocenters. The lowest BCUT2D eigenvalue weighted by Gasteiger charge is -2.30. The molecule has 3 N–H and O–H groups in total. The van der Waals surface area contributed by atoms with E-state index in [0.717, 1.165) is 44.6 Å². The number of nitrogens with zero attached hydrogens (tertiary/aromatic N) is 1. The molecule has 0 bridgehead atoms. The second-order valence-electron chi connectivity index (χ2n) is 6.58. The monoisotopic (exact) mass is 405 g/mol. The number of aliphatic hydroxyl groups excluding tert-OH is 1. The lowest BCUT2D eigenvalue weighted by molar-refractivity contribution is -0.126. The number of nitrogens with one attached hydrogen (secondary N) is 2. The number of hydrogen-bond donors (Lipinski definition) is 3. The summed E-state index contributed by atoms with van der Waals surface area (Å²) in [6.45, 7) is 5.06. The summed E-state index contributed by atoms with van der Waals surface area (Å²) in [6, 6.07) is 7.98. The van der Waals surface area contributed by atoms with Crippen molar-refractivity contribution < 1.29 is 14.6 Å². The lowest BCUT2D eigenvalue weighted by Crippen LogP contribution is -2.51. The highest BCUT2D eigenvalue weighted by Gasteiger charge is 2.21. The van der Waals surface area contributed by atoms with Crippen LogP contribution in [0, 0.1) is 0 Å². The largest absolute Gasteiger partial charge is 0.393 e. The highest BCUT2D eigenvalue weighted by Crippen LogP contribution is 2.16. The van der Waals surface area contributed by atoms with Crippen LogP contribution in [-0.2, 0) is 22.6 Å². The smallest absolute Gasteiger partial charge is 0.239 e. The highest BCUT2D eigenvalue weighted by molar-refractivity contribution is 5.85. The van der Waals surface area contributed by atoms with Crippen molar-refractivity contribution in [2.45, 2.75) is 38.1 Å². The van der Waals surface area contributed by atoms with E-state index in [1.165, 1.54) is 5.56 Å². The summed E-state index contributed by atoms with van der Waals surface area (Å²) in [5.74, 6) is -0.00871. The van der Waals surface area contributed by atoms with E-state index in [1.807, 2.05) is 12.1 Å². The first-order chi connectivity index (χ1) is 11.7. The van der Waals surface area contributed by atoms with Crippen molar-refractivity contribution in [1.29, 1.82) is 0 Å². The Bertz CT molecular complexity index is 548. The number of hydrogen-bond acceptors (Lipinski definition) is 5. The van der Waals surface area contributed by atoms with Crippen molar-refractivity contribution in [2.75, 3.05) is 32.8 Å². The van der Waals surface area contributed by atoms with Gasteiger partial charge in [0.05, 0.1) is 19.3 Å². The molecule has 1 unspecified atom stereocenters. The Morgan fingerprint density at radius 2 is 1.92 bits per heavy atom. The van der Waals surface area contributed by atoms with Gasteiger partial charge < -0.3 is 20.5 Å². The van der Waals surface area contributed by atoms with Gasteiger partial charge in [0.25, 0.3) is 0 Å². The number of morpholine rings is 1. The zero-order valence-electron chi connectivity index (χ0n) is 14.9. The molecule has 1 aromatic rings. The van der Waals surface area contributed by atoms with Crippen molar-refractivity contribution in [1.82, 2.24) is 15.5 Å². The molecule has 2 heterocycles. The minimum atomic E-state index is -0.255. The molecule has 148 valence electrons. The summed E-state index contributed by atoms with van der Waals surface area (Å²) >= 11 is 0. The number of likely N-dealkylation sites (tertiary alicyclic amines) is 1. The Kier molecular flexibility index (Phi) is 10.5. The van der Waals surface area contributed by atoms with Gasteiger partial charge in [-0.15, -0.1) is 24.8 Å². The van der Waals surface area contributed by atoms with Gasteiger partial charge in [-0.05, 0) is 24.0 Å². The Hall–Kier alpha value is -0.890. The maximum atomic E-state index is 12.2. The van der Waals surface area contributed by atoms with Crippen LogP contribution in [0.1, 0.15) is 24.0 Å². The normalized spacial score (nSPS) is 21.3. The third kappa shape index (κ3) is 6.68. The van der Waals surface area contributed by atoms with E-state index < -0.39 is 0 Å². The number of carbonyl (C=O) groups is 1. The molecule has 2 fully saturated rings. The Morgan fingerprint density at radius 1 is 1.23 bits per heavy atom. The van der Waals surface area contributed by atoms with Gasteiger partial charge in [-0.3, -0.25) is 9.69 Å². The van der Waals surface area contributed by atoms with E-state index in [1.54, 1.807) is 0 Å². The fraction of sp³-hybridized carbons (Fsp3) is 0.611. The van der Waals surface area contributed by atoms with E-state index in [0.29, 0.717) is 19.8 Å². The predicted octanol–water partition coefficient (Wildman–Crippen LogP) is 1.09. The summed E-state index contributed by atoms with van der Waals surface area (Å²) in [6.07, 6.45) is 1.53. The molecule has 0 radical (unpaired) electrons. The van der Waals surface area contributed by atoms with Gasteiger partial charge in [0.15, 0.2) is 0 Å². The van der Waals surface area contributed by atoms with Crippen LogP contribution in [0.3, 0.4) is 0 Å². The molecule has 26 heavy (non-hydrogen) atoms. The van der Waals surface area contributed by atoms with Crippen LogP contribution >= 0.6 is 24.8 Å². The van der Waals surface area contributed by atoms with Gasteiger partial charge in [-0.1, -0.05) is 24.3 Å². The average molecular weight is 406 g/mol. The average Bonchev–Trinajstić information content (AvgIpc) is 2.63. The number of rotatable bonds is 5. The Labute approximate surface area is 167 Å². The van der Waals surface area contributed by atoms with E-state index in [2.05, 4.69) is 27.7 Å². The van der Waals surface area contributed by atoms with Gasteiger partial charge >= 0.3 is 0 Å². The number of halogens is 2. The molecule has 2 aliphatic heterocycles. The van der Waals surface area contributed by atoms with Gasteiger partial charge in [0.2, 0.25) is 5.91 Å². The number of aliphatic hydroxyl groups is 1. The van der Waals surface area contributed by atoms with Gasteiger partial charge in [0, 0.05) is 32.7 Å². The fourth-order valence-corrected chi connectivity index (χ4v) is 3.24. The molecule has 1 amide bonds. The zero-order chi connectivity index (χ0) is 16.8. The van der Waals surface area contributed by atoms with E-state index >= 15 is 0 Å².